The predicted octanol–water partition coefficient (Wildman–Crippen LogP) is 1.45. The predicted molar refractivity (Wildman–Crippen MR) is 68.3 cm³/mol. The summed E-state index contributed by atoms with van der Waals surface area (Å²) in [5, 5.41) is 6.79. The monoisotopic (exact) mass is 261 g/mol. The summed E-state index contributed by atoms with van der Waals surface area (Å²) in [6.07, 6.45) is 8.10. The first-order valence-electron chi connectivity index (χ1n) is 7.08. The first-order chi connectivity index (χ1) is 9.06. The Hall–Kier alpha value is -1.36. The molecule has 4 fully saturated rings. The summed E-state index contributed by atoms with van der Waals surface area (Å²) in [7, 11) is 0. The van der Waals surface area contributed by atoms with Gasteiger partial charge in [-0.2, -0.15) is 0 Å². The van der Waals surface area contributed by atoms with E-state index in [9.17, 15) is 4.79 Å². The normalized spacial score (nSPS) is 43.4. The van der Waals surface area contributed by atoms with Crippen LogP contribution in [-0.4, -0.2) is 22.1 Å². The van der Waals surface area contributed by atoms with Gasteiger partial charge in [-0.3, -0.25) is 4.79 Å². The van der Waals surface area contributed by atoms with Crippen LogP contribution in [0.15, 0.2) is 16.8 Å². The van der Waals surface area contributed by atoms with E-state index in [0.717, 1.165) is 32.1 Å². The fourth-order valence-electron chi connectivity index (χ4n) is 5.11. The second kappa shape index (κ2) is 3.60. The van der Waals surface area contributed by atoms with Crippen LogP contribution in [0.3, 0.4) is 0 Å². The van der Waals surface area contributed by atoms with Crippen LogP contribution in [0.25, 0.3) is 0 Å². The first-order valence-corrected chi connectivity index (χ1v) is 7.08. The number of amides is 1. The Labute approximate surface area is 111 Å². The van der Waals surface area contributed by atoms with Crippen LogP contribution in [0.1, 0.15) is 49.1 Å². The van der Waals surface area contributed by atoms with Crippen LogP contribution in [0.4, 0.5) is 0 Å². The number of nitrogens with two attached hydrogens (primary N) is 1. The topological polar surface area (TPSA) is 81.1 Å². The van der Waals surface area contributed by atoms with Crippen LogP contribution in [0, 0.1) is 11.8 Å². The molecule has 0 radical (unpaired) electrons. The van der Waals surface area contributed by atoms with Crippen molar-refractivity contribution in [3.63, 3.8) is 0 Å². The molecule has 4 aliphatic carbocycles. The van der Waals surface area contributed by atoms with E-state index in [2.05, 4.69) is 10.5 Å². The lowest BCUT2D eigenvalue weighted by atomic mass is 9.50. The molecule has 0 spiro atoms. The molecule has 4 saturated carbocycles. The maximum absolute atomic E-state index is 12.2. The summed E-state index contributed by atoms with van der Waals surface area (Å²) in [5.41, 5.74) is 6.35. The van der Waals surface area contributed by atoms with Gasteiger partial charge >= 0.3 is 0 Å². The lowest BCUT2D eigenvalue weighted by Crippen LogP contribution is -2.68. The van der Waals surface area contributed by atoms with E-state index in [4.69, 9.17) is 10.3 Å². The summed E-state index contributed by atoms with van der Waals surface area (Å²) >= 11 is 0. The zero-order valence-electron chi connectivity index (χ0n) is 10.9. The van der Waals surface area contributed by atoms with Gasteiger partial charge in [0.15, 0.2) is 0 Å². The van der Waals surface area contributed by atoms with Crippen LogP contribution < -0.4 is 11.1 Å². The van der Waals surface area contributed by atoms with Crippen LogP contribution in [-0.2, 0) is 0 Å². The number of hydrogen-bond donors (Lipinski definition) is 2. The van der Waals surface area contributed by atoms with Gasteiger partial charge in [-0.25, -0.2) is 0 Å². The lowest BCUT2D eigenvalue weighted by molar-refractivity contribution is -0.0325. The Bertz CT molecular complexity index is 497. The SMILES string of the molecule is NC12CC3CC(C1)CC(NC(=O)c1ccno1)(C3)C2. The van der Waals surface area contributed by atoms with Crippen molar-refractivity contribution in [2.45, 2.75) is 49.6 Å². The Morgan fingerprint density at radius 2 is 2.11 bits per heavy atom. The van der Waals surface area contributed by atoms with E-state index < -0.39 is 0 Å². The van der Waals surface area contributed by atoms with E-state index in [1.165, 1.54) is 12.6 Å². The number of aromatic nitrogens is 1. The molecule has 1 amide bonds. The molecule has 5 nitrogen and oxygen atoms in total. The minimum Gasteiger partial charge on any atom is -0.351 e. The van der Waals surface area contributed by atoms with Crippen molar-refractivity contribution >= 4 is 5.91 Å². The quantitative estimate of drug-likeness (QED) is 0.844. The third-order valence-corrected chi connectivity index (χ3v) is 5.15. The number of nitrogens with one attached hydrogen (secondary N) is 1. The van der Waals surface area contributed by atoms with Gasteiger partial charge in [0.25, 0.3) is 5.91 Å². The number of nitrogens with zero attached hydrogens (tertiary/aromatic N) is 1. The fraction of sp³-hybridized carbons (Fsp3) is 0.714. The van der Waals surface area contributed by atoms with Crippen molar-refractivity contribution in [2.75, 3.05) is 0 Å². The smallest absolute Gasteiger partial charge is 0.290 e. The molecule has 0 saturated heterocycles. The van der Waals surface area contributed by atoms with Gasteiger partial charge in [0.1, 0.15) is 0 Å². The highest BCUT2D eigenvalue weighted by molar-refractivity contribution is 5.91. The molecule has 1 heterocycles. The van der Waals surface area contributed by atoms with Crippen molar-refractivity contribution in [3.8, 4) is 0 Å². The van der Waals surface area contributed by atoms with Gasteiger partial charge in [-0.05, 0) is 50.4 Å². The average molecular weight is 261 g/mol. The highest BCUT2D eigenvalue weighted by atomic mass is 16.5. The van der Waals surface area contributed by atoms with Crippen molar-refractivity contribution < 1.29 is 9.32 Å². The molecule has 2 atom stereocenters. The first kappa shape index (κ1) is 11.5. The molecule has 2 unspecified atom stereocenters. The Morgan fingerprint density at radius 1 is 1.37 bits per heavy atom. The van der Waals surface area contributed by atoms with Crippen LogP contribution >= 0.6 is 0 Å². The van der Waals surface area contributed by atoms with E-state index in [1.54, 1.807) is 6.07 Å². The molecule has 5 heteroatoms. The Morgan fingerprint density at radius 3 is 2.68 bits per heavy atom. The molecule has 4 bridgehead atoms. The van der Waals surface area contributed by atoms with Gasteiger partial charge in [-0.15, -0.1) is 0 Å². The molecule has 5 rings (SSSR count). The molecule has 1 aromatic rings. The molecule has 0 aliphatic heterocycles. The van der Waals surface area contributed by atoms with Crippen molar-refractivity contribution in [1.82, 2.24) is 10.5 Å². The maximum Gasteiger partial charge on any atom is 0.290 e. The largest absolute Gasteiger partial charge is 0.351 e. The summed E-state index contributed by atoms with van der Waals surface area (Å²) in [6, 6.07) is 1.61. The highest BCUT2D eigenvalue weighted by Gasteiger charge is 2.56. The van der Waals surface area contributed by atoms with E-state index in [-0.39, 0.29) is 17.0 Å². The second-order valence-electron chi connectivity index (χ2n) is 6.93. The number of rotatable bonds is 2. The minimum absolute atomic E-state index is 0.0568. The minimum atomic E-state index is -0.150. The highest BCUT2D eigenvalue weighted by Crippen LogP contribution is 2.56. The van der Waals surface area contributed by atoms with E-state index in [0.29, 0.717) is 17.6 Å². The maximum atomic E-state index is 12.2. The summed E-state index contributed by atoms with van der Waals surface area (Å²) in [5.74, 6) is 1.51. The van der Waals surface area contributed by atoms with Gasteiger partial charge in [0, 0.05) is 17.1 Å². The third-order valence-electron chi connectivity index (χ3n) is 5.15. The molecular formula is C14H19N3O2. The number of carbonyl (C=O) groups is 1. The standard InChI is InChI=1S/C14H19N3O2/c15-13-4-9-3-10(5-13)7-14(6-9,8-13)17-12(18)11-1-2-16-19-11/h1-2,9-10H,3-8,15H2,(H,17,18). The molecule has 102 valence electrons. The van der Waals surface area contributed by atoms with Gasteiger partial charge < -0.3 is 15.6 Å². The van der Waals surface area contributed by atoms with Gasteiger partial charge in [-0.1, -0.05) is 5.16 Å². The summed E-state index contributed by atoms with van der Waals surface area (Å²) in [4.78, 5) is 12.2. The third kappa shape index (κ3) is 1.79. The molecule has 0 aromatic carbocycles. The van der Waals surface area contributed by atoms with Gasteiger partial charge in [0.05, 0.1) is 6.20 Å². The number of carbonyl (C=O) groups excluding carboxylic acids is 1. The van der Waals surface area contributed by atoms with Crippen LogP contribution in [0.2, 0.25) is 0 Å². The van der Waals surface area contributed by atoms with Gasteiger partial charge in [0.2, 0.25) is 5.76 Å². The zero-order valence-corrected chi connectivity index (χ0v) is 10.9. The number of hydrogen-bond acceptors (Lipinski definition) is 4. The van der Waals surface area contributed by atoms with Crippen molar-refractivity contribution in [3.05, 3.63) is 18.0 Å². The second-order valence-corrected chi connectivity index (χ2v) is 6.93. The molecule has 4 aliphatic rings. The summed E-state index contributed by atoms with van der Waals surface area (Å²) < 4.78 is 4.94. The molecule has 19 heavy (non-hydrogen) atoms. The van der Waals surface area contributed by atoms with Crippen LogP contribution in [0.5, 0.6) is 0 Å². The fourth-order valence-corrected chi connectivity index (χ4v) is 5.11. The molecular weight excluding hydrogens is 242 g/mol. The zero-order chi connectivity index (χ0) is 13.1. The van der Waals surface area contributed by atoms with E-state index >= 15 is 0 Å². The lowest BCUT2D eigenvalue weighted by Gasteiger charge is -2.60. The van der Waals surface area contributed by atoms with Crippen molar-refractivity contribution in [1.29, 1.82) is 0 Å². The van der Waals surface area contributed by atoms with E-state index in [1.807, 2.05) is 0 Å². The summed E-state index contributed by atoms with van der Waals surface area (Å²) in [6.45, 7) is 0. The average Bonchev–Trinajstić information content (AvgIpc) is 2.77. The Kier molecular flexibility index (Phi) is 2.17. The Balaban J connectivity index is 1.59. The molecule has 3 N–H and O–H groups in total. The molecule has 1 aromatic heterocycles. The van der Waals surface area contributed by atoms with Crippen molar-refractivity contribution in [2.24, 2.45) is 17.6 Å².